The third kappa shape index (κ3) is 6.39. The maximum absolute atomic E-state index is 12.2. The Kier molecular flexibility index (Phi) is 7.83. The van der Waals surface area contributed by atoms with E-state index in [0.29, 0.717) is 5.92 Å². The van der Waals surface area contributed by atoms with Crippen LogP contribution in [0.4, 0.5) is 0 Å². The van der Waals surface area contributed by atoms with E-state index in [1.807, 2.05) is 0 Å². The van der Waals surface area contributed by atoms with E-state index in [1.54, 1.807) is 0 Å². The number of hydrogen-bond acceptors (Lipinski definition) is 2. The fourth-order valence-corrected chi connectivity index (χ4v) is 4.99. The summed E-state index contributed by atoms with van der Waals surface area (Å²) in [4.78, 5) is 19.3. The molecule has 154 valence electrons. The van der Waals surface area contributed by atoms with Gasteiger partial charge in [0.2, 0.25) is 5.91 Å². The van der Waals surface area contributed by atoms with Crippen LogP contribution in [-0.2, 0) is 4.79 Å². The minimum absolute atomic E-state index is 0.0391. The molecule has 1 amide bonds. The van der Waals surface area contributed by atoms with Gasteiger partial charge in [-0.25, -0.2) is 4.99 Å². The zero-order chi connectivity index (χ0) is 19.1. The number of carbonyl (C=O) groups excluding carboxylic acids is 1. The fraction of sp³-hybridized carbons (Fsp3) is 0.909. The third-order valence-corrected chi connectivity index (χ3v) is 6.63. The van der Waals surface area contributed by atoms with Gasteiger partial charge in [0.05, 0.1) is 0 Å². The normalized spacial score (nSPS) is 26.9. The molecule has 0 aromatic carbocycles. The molecule has 3 rings (SSSR count). The van der Waals surface area contributed by atoms with Gasteiger partial charge in [-0.15, -0.1) is 0 Å². The van der Waals surface area contributed by atoms with Gasteiger partial charge in [-0.2, -0.15) is 0 Å². The molecule has 0 bridgehead atoms. The van der Waals surface area contributed by atoms with Gasteiger partial charge in [0, 0.05) is 26.2 Å². The number of carbonyl (C=O) groups is 1. The number of hydrogen-bond donors (Lipinski definition) is 2. The van der Waals surface area contributed by atoms with Crippen molar-refractivity contribution in [3.63, 3.8) is 0 Å². The van der Waals surface area contributed by atoms with E-state index in [-0.39, 0.29) is 12.5 Å². The highest BCUT2D eigenvalue weighted by Crippen LogP contribution is 2.36. The molecule has 2 aliphatic carbocycles. The van der Waals surface area contributed by atoms with E-state index < -0.39 is 0 Å². The van der Waals surface area contributed by atoms with Crippen LogP contribution < -0.4 is 10.6 Å². The molecule has 1 aliphatic heterocycles. The summed E-state index contributed by atoms with van der Waals surface area (Å²) < 4.78 is 0. The van der Waals surface area contributed by atoms with Gasteiger partial charge in [-0.05, 0) is 49.4 Å². The second kappa shape index (κ2) is 10.3. The van der Waals surface area contributed by atoms with Gasteiger partial charge in [-0.1, -0.05) is 46.0 Å². The Labute approximate surface area is 165 Å². The second-order valence-corrected chi connectivity index (χ2v) is 9.43. The summed E-state index contributed by atoms with van der Waals surface area (Å²) >= 11 is 0. The van der Waals surface area contributed by atoms with Crippen molar-refractivity contribution in [3.8, 4) is 0 Å². The topological polar surface area (TPSA) is 56.7 Å². The number of guanidine groups is 1. The molecule has 3 fully saturated rings. The summed E-state index contributed by atoms with van der Waals surface area (Å²) in [6.07, 6.45) is 12.3. The number of amides is 1. The van der Waals surface area contributed by atoms with Crippen molar-refractivity contribution < 1.29 is 4.79 Å². The van der Waals surface area contributed by atoms with Crippen LogP contribution in [-0.4, -0.2) is 49.5 Å². The Morgan fingerprint density at radius 3 is 2.22 bits per heavy atom. The third-order valence-electron chi connectivity index (χ3n) is 6.63. The summed E-state index contributed by atoms with van der Waals surface area (Å²) in [5, 5.41) is 6.65. The molecule has 3 aliphatic rings. The molecule has 0 aromatic heterocycles. The van der Waals surface area contributed by atoms with Crippen LogP contribution in [0.3, 0.4) is 0 Å². The highest BCUT2D eigenvalue weighted by Gasteiger charge is 2.35. The molecule has 2 saturated carbocycles. The average molecular weight is 377 g/mol. The van der Waals surface area contributed by atoms with Crippen molar-refractivity contribution in [3.05, 3.63) is 0 Å². The highest BCUT2D eigenvalue weighted by atomic mass is 16.1. The lowest BCUT2D eigenvalue weighted by atomic mass is 9.82. The molecular formula is C22H40N4O. The molecule has 1 saturated heterocycles. The number of aliphatic imine (C=N–C) groups is 1. The maximum Gasteiger partial charge on any atom is 0.241 e. The molecule has 5 heteroatoms. The SMILES string of the molecule is CC(C)CNC(=O)CN=C(NCC1CCCCC1)N1C[C@H]2CCCC[C@H]2C1. The number of likely N-dealkylation sites (tertiary alicyclic amines) is 1. The zero-order valence-corrected chi connectivity index (χ0v) is 17.5. The Bertz CT molecular complexity index is 485. The summed E-state index contributed by atoms with van der Waals surface area (Å²) in [5.74, 6) is 3.92. The lowest BCUT2D eigenvalue weighted by Gasteiger charge is -2.26. The first-order valence-electron chi connectivity index (χ1n) is 11.4. The standard InChI is InChI=1S/C22H40N4O/c1-17(2)12-23-21(27)14-25-22(24-13-18-8-4-3-5-9-18)26-15-19-10-6-7-11-20(19)16-26/h17-20H,3-16H2,1-2H3,(H,23,27)(H,24,25)/t19-,20+. The second-order valence-electron chi connectivity index (χ2n) is 9.43. The summed E-state index contributed by atoms with van der Waals surface area (Å²) in [7, 11) is 0. The number of nitrogens with one attached hydrogen (secondary N) is 2. The Morgan fingerprint density at radius 1 is 0.963 bits per heavy atom. The maximum atomic E-state index is 12.2. The summed E-state index contributed by atoms with van der Waals surface area (Å²) in [6, 6.07) is 0. The van der Waals surface area contributed by atoms with Crippen LogP contribution >= 0.6 is 0 Å². The molecule has 0 spiro atoms. The summed E-state index contributed by atoms with van der Waals surface area (Å²) in [6.45, 7) is 8.46. The summed E-state index contributed by atoms with van der Waals surface area (Å²) in [5.41, 5.74) is 0. The van der Waals surface area contributed by atoms with Crippen molar-refractivity contribution in [2.45, 2.75) is 71.6 Å². The van der Waals surface area contributed by atoms with Crippen LogP contribution in [0.25, 0.3) is 0 Å². The van der Waals surface area contributed by atoms with E-state index >= 15 is 0 Å². The lowest BCUT2D eigenvalue weighted by molar-refractivity contribution is -0.119. The van der Waals surface area contributed by atoms with Crippen LogP contribution in [0.5, 0.6) is 0 Å². The molecule has 27 heavy (non-hydrogen) atoms. The minimum atomic E-state index is 0.0391. The monoisotopic (exact) mass is 376 g/mol. The Morgan fingerprint density at radius 2 is 1.59 bits per heavy atom. The lowest BCUT2D eigenvalue weighted by Crippen LogP contribution is -2.43. The van der Waals surface area contributed by atoms with Gasteiger partial charge in [0.15, 0.2) is 5.96 Å². The van der Waals surface area contributed by atoms with E-state index in [4.69, 9.17) is 4.99 Å². The van der Waals surface area contributed by atoms with Crippen LogP contribution in [0.1, 0.15) is 71.6 Å². The Hall–Kier alpha value is -1.26. The minimum Gasteiger partial charge on any atom is -0.356 e. The predicted molar refractivity (Wildman–Crippen MR) is 112 cm³/mol. The van der Waals surface area contributed by atoms with Crippen molar-refractivity contribution in [1.29, 1.82) is 0 Å². The quantitative estimate of drug-likeness (QED) is 0.552. The molecule has 0 radical (unpaired) electrons. The van der Waals surface area contributed by atoms with Crippen LogP contribution in [0.2, 0.25) is 0 Å². The van der Waals surface area contributed by atoms with Crippen molar-refractivity contribution in [1.82, 2.24) is 15.5 Å². The molecule has 2 atom stereocenters. The molecule has 0 unspecified atom stereocenters. The zero-order valence-electron chi connectivity index (χ0n) is 17.5. The van der Waals surface area contributed by atoms with Gasteiger partial charge >= 0.3 is 0 Å². The fourth-order valence-electron chi connectivity index (χ4n) is 4.99. The van der Waals surface area contributed by atoms with Gasteiger partial charge in [0.25, 0.3) is 0 Å². The predicted octanol–water partition coefficient (Wildman–Crippen LogP) is 3.41. The number of nitrogens with zero attached hydrogens (tertiary/aromatic N) is 2. The first kappa shape index (κ1) is 20.5. The van der Waals surface area contributed by atoms with E-state index in [0.717, 1.165) is 49.9 Å². The molecule has 5 nitrogen and oxygen atoms in total. The molecule has 1 heterocycles. The van der Waals surface area contributed by atoms with Gasteiger partial charge in [-0.3, -0.25) is 4.79 Å². The van der Waals surface area contributed by atoms with Gasteiger partial charge < -0.3 is 15.5 Å². The van der Waals surface area contributed by atoms with Crippen LogP contribution in [0.15, 0.2) is 4.99 Å². The number of rotatable bonds is 6. The smallest absolute Gasteiger partial charge is 0.241 e. The Balaban J connectivity index is 1.57. The van der Waals surface area contributed by atoms with Crippen molar-refractivity contribution >= 4 is 11.9 Å². The molecule has 2 N–H and O–H groups in total. The van der Waals surface area contributed by atoms with Crippen LogP contribution in [0, 0.1) is 23.7 Å². The van der Waals surface area contributed by atoms with E-state index in [1.165, 1.54) is 57.8 Å². The average Bonchev–Trinajstić information content (AvgIpc) is 3.11. The highest BCUT2D eigenvalue weighted by molar-refractivity contribution is 5.85. The first-order valence-corrected chi connectivity index (χ1v) is 11.4. The van der Waals surface area contributed by atoms with Crippen molar-refractivity contribution in [2.75, 3.05) is 32.7 Å². The first-order chi connectivity index (χ1) is 13.1. The largest absolute Gasteiger partial charge is 0.356 e. The van der Waals surface area contributed by atoms with E-state index in [9.17, 15) is 4.79 Å². The molecular weight excluding hydrogens is 336 g/mol. The number of fused-ring (bicyclic) bond motifs is 1. The van der Waals surface area contributed by atoms with E-state index in [2.05, 4.69) is 29.4 Å². The molecule has 0 aromatic rings. The van der Waals surface area contributed by atoms with Crippen molar-refractivity contribution in [2.24, 2.45) is 28.7 Å². The van der Waals surface area contributed by atoms with Gasteiger partial charge in [0.1, 0.15) is 6.54 Å².